The lowest BCUT2D eigenvalue weighted by molar-refractivity contribution is 0.323. The van der Waals surface area contributed by atoms with E-state index in [-0.39, 0.29) is 0 Å². The number of anilines is 1. The summed E-state index contributed by atoms with van der Waals surface area (Å²) >= 11 is 0. The molecule has 3 heteroatoms. The lowest BCUT2D eigenvalue weighted by Crippen LogP contribution is -2.24. The van der Waals surface area contributed by atoms with Crippen molar-refractivity contribution in [2.45, 2.75) is 19.4 Å². The molecule has 0 bridgehead atoms. The summed E-state index contributed by atoms with van der Waals surface area (Å²) in [6.07, 6.45) is 1.05. The minimum Gasteiger partial charge on any atom is -0.490 e. The second kappa shape index (κ2) is 4.53. The van der Waals surface area contributed by atoms with Crippen LogP contribution in [0.3, 0.4) is 0 Å². The first-order chi connectivity index (χ1) is 7.29. The maximum absolute atomic E-state index is 5.53. The van der Waals surface area contributed by atoms with Gasteiger partial charge in [0, 0.05) is 12.6 Å². The number of rotatable bonds is 3. The van der Waals surface area contributed by atoms with Crippen LogP contribution in [-0.4, -0.2) is 26.2 Å². The van der Waals surface area contributed by atoms with Crippen LogP contribution in [0.1, 0.15) is 12.5 Å². The number of hydrogen-bond donors (Lipinski definition) is 2. The van der Waals surface area contributed by atoms with Gasteiger partial charge in [-0.3, -0.25) is 0 Å². The minimum atomic E-state index is 0.507. The van der Waals surface area contributed by atoms with Gasteiger partial charge < -0.3 is 15.4 Å². The van der Waals surface area contributed by atoms with E-state index in [1.807, 2.05) is 7.05 Å². The zero-order chi connectivity index (χ0) is 10.7. The summed E-state index contributed by atoms with van der Waals surface area (Å²) in [5.74, 6) is 0.974. The van der Waals surface area contributed by atoms with E-state index in [0.29, 0.717) is 6.04 Å². The minimum absolute atomic E-state index is 0.507. The average molecular weight is 206 g/mol. The van der Waals surface area contributed by atoms with Crippen molar-refractivity contribution < 1.29 is 4.74 Å². The quantitative estimate of drug-likeness (QED) is 0.789. The maximum atomic E-state index is 5.53. The third-order valence-electron chi connectivity index (χ3n) is 2.75. The first-order valence-corrected chi connectivity index (χ1v) is 5.46. The fourth-order valence-corrected chi connectivity index (χ4v) is 1.77. The Bertz CT molecular complexity index is 338. The van der Waals surface area contributed by atoms with Crippen LogP contribution in [0.5, 0.6) is 5.75 Å². The number of fused-ring (bicyclic) bond motifs is 1. The van der Waals surface area contributed by atoms with Gasteiger partial charge in [0.2, 0.25) is 0 Å². The predicted octanol–water partition coefficient (Wildman–Crippen LogP) is 1.64. The summed E-state index contributed by atoms with van der Waals surface area (Å²) in [7, 11) is 1.99. The van der Waals surface area contributed by atoms with Crippen LogP contribution in [0.2, 0.25) is 0 Å². The van der Waals surface area contributed by atoms with Crippen LogP contribution in [0.4, 0.5) is 5.69 Å². The highest BCUT2D eigenvalue weighted by Gasteiger charge is 2.10. The predicted molar refractivity (Wildman–Crippen MR) is 62.7 cm³/mol. The molecule has 0 radical (unpaired) electrons. The molecule has 0 spiro atoms. The molecule has 1 aromatic rings. The molecule has 0 saturated carbocycles. The van der Waals surface area contributed by atoms with Gasteiger partial charge >= 0.3 is 0 Å². The summed E-state index contributed by atoms with van der Waals surface area (Å²) in [6, 6.07) is 6.88. The number of nitrogens with one attached hydrogen (secondary N) is 2. The van der Waals surface area contributed by atoms with Gasteiger partial charge in [-0.1, -0.05) is 6.07 Å². The van der Waals surface area contributed by atoms with Crippen LogP contribution >= 0.6 is 0 Å². The Morgan fingerprint density at radius 3 is 3.20 bits per heavy atom. The molecule has 15 heavy (non-hydrogen) atoms. The van der Waals surface area contributed by atoms with Gasteiger partial charge in [0.25, 0.3) is 0 Å². The van der Waals surface area contributed by atoms with E-state index in [4.69, 9.17) is 4.74 Å². The highest BCUT2D eigenvalue weighted by atomic mass is 16.5. The maximum Gasteiger partial charge on any atom is 0.142 e. The monoisotopic (exact) mass is 206 g/mol. The third-order valence-corrected chi connectivity index (χ3v) is 2.75. The Balaban J connectivity index is 2.13. The van der Waals surface area contributed by atoms with E-state index >= 15 is 0 Å². The molecular formula is C12H18N2O. The zero-order valence-electron chi connectivity index (χ0n) is 9.34. The summed E-state index contributed by atoms with van der Waals surface area (Å²) in [5, 5.41) is 6.59. The van der Waals surface area contributed by atoms with Crippen LogP contribution in [-0.2, 0) is 6.42 Å². The Morgan fingerprint density at radius 1 is 1.53 bits per heavy atom. The van der Waals surface area contributed by atoms with E-state index in [1.165, 1.54) is 5.56 Å². The third kappa shape index (κ3) is 2.42. The molecule has 1 unspecified atom stereocenters. The van der Waals surface area contributed by atoms with Crippen LogP contribution < -0.4 is 15.4 Å². The van der Waals surface area contributed by atoms with E-state index in [1.54, 1.807) is 0 Å². The highest BCUT2D eigenvalue weighted by molar-refractivity contribution is 5.59. The molecule has 1 aromatic carbocycles. The van der Waals surface area contributed by atoms with Gasteiger partial charge in [-0.25, -0.2) is 0 Å². The molecule has 0 fully saturated rings. The average Bonchev–Trinajstić information content (AvgIpc) is 2.29. The zero-order valence-corrected chi connectivity index (χ0v) is 9.34. The highest BCUT2D eigenvalue weighted by Crippen LogP contribution is 2.28. The fourth-order valence-electron chi connectivity index (χ4n) is 1.77. The second-order valence-electron chi connectivity index (χ2n) is 4.00. The number of benzene rings is 1. The fraction of sp³-hybridized carbons (Fsp3) is 0.500. The van der Waals surface area contributed by atoms with Crippen molar-refractivity contribution in [1.82, 2.24) is 5.32 Å². The van der Waals surface area contributed by atoms with E-state index in [2.05, 4.69) is 35.8 Å². The Morgan fingerprint density at radius 2 is 2.40 bits per heavy atom. The molecule has 0 saturated heterocycles. The largest absolute Gasteiger partial charge is 0.490 e. The normalized spacial score (nSPS) is 16.1. The number of ether oxygens (including phenoxy) is 1. The van der Waals surface area contributed by atoms with E-state index < -0.39 is 0 Å². The van der Waals surface area contributed by atoms with Crippen molar-refractivity contribution in [3.63, 3.8) is 0 Å². The Labute approximate surface area is 90.8 Å². The van der Waals surface area contributed by atoms with Gasteiger partial charge in [0.05, 0.1) is 5.69 Å². The molecule has 82 valence electrons. The van der Waals surface area contributed by atoms with Gasteiger partial charge in [0.1, 0.15) is 12.4 Å². The molecule has 0 aliphatic carbocycles. The number of hydrogen-bond acceptors (Lipinski definition) is 3. The molecule has 1 aliphatic rings. The molecule has 0 aromatic heterocycles. The van der Waals surface area contributed by atoms with Crippen molar-refractivity contribution in [3.05, 3.63) is 23.8 Å². The summed E-state index contributed by atoms with van der Waals surface area (Å²) in [5.41, 5.74) is 2.47. The molecular weight excluding hydrogens is 188 g/mol. The lowest BCUT2D eigenvalue weighted by Gasteiger charge is -2.20. The summed E-state index contributed by atoms with van der Waals surface area (Å²) < 4.78 is 5.53. The molecule has 3 nitrogen and oxygen atoms in total. The molecule has 0 amide bonds. The summed E-state index contributed by atoms with van der Waals surface area (Å²) in [4.78, 5) is 0. The Hall–Kier alpha value is -1.22. The summed E-state index contributed by atoms with van der Waals surface area (Å²) in [6.45, 7) is 3.85. The first kappa shape index (κ1) is 10.3. The Kier molecular flexibility index (Phi) is 3.11. The van der Waals surface area contributed by atoms with Gasteiger partial charge in [0.15, 0.2) is 0 Å². The molecule has 1 aliphatic heterocycles. The number of likely N-dealkylation sites (N-methyl/N-ethyl adjacent to an activating group) is 1. The van der Waals surface area contributed by atoms with E-state index in [9.17, 15) is 0 Å². The smallest absolute Gasteiger partial charge is 0.142 e. The van der Waals surface area contributed by atoms with Gasteiger partial charge in [-0.2, -0.15) is 0 Å². The standard InChI is InChI=1S/C12H18N2O/c1-9(13-2)7-10-3-4-12-11(8-10)14-5-6-15-12/h3-4,8-9,13-14H,5-7H2,1-2H3. The topological polar surface area (TPSA) is 33.3 Å². The molecule has 1 heterocycles. The van der Waals surface area contributed by atoms with Crippen molar-refractivity contribution in [2.24, 2.45) is 0 Å². The van der Waals surface area contributed by atoms with Crippen molar-refractivity contribution in [3.8, 4) is 5.75 Å². The van der Waals surface area contributed by atoms with Crippen molar-refractivity contribution >= 4 is 5.69 Å². The molecule has 2 rings (SSSR count). The van der Waals surface area contributed by atoms with Crippen molar-refractivity contribution in [2.75, 3.05) is 25.5 Å². The first-order valence-electron chi connectivity index (χ1n) is 5.46. The lowest BCUT2D eigenvalue weighted by atomic mass is 10.1. The van der Waals surface area contributed by atoms with Crippen LogP contribution in [0.15, 0.2) is 18.2 Å². The van der Waals surface area contributed by atoms with Crippen molar-refractivity contribution in [1.29, 1.82) is 0 Å². The molecule has 1 atom stereocenters. The second-order valence-corrected chi connectivity index (χ2v) is 4.00. The van der Waals surface area contributed by atoms with E-state index in [0.717, 1.165) is 31.0 Å². The van der Waals surface area contributed by atoms with Gasteiger partial charge in [-0.05, 0) is 38.1 Å². The van der Waals surface area contributed by atoms with Gasteiger partial charge in [-0.15, -0.1) is 0 Å². The van der Waals surface area contributed by atoms with Crippen LogP contribution in [0.25, 0.3) is 0 Å². The SMILES string of the molecule is CNC(C)Cc1ccc2c(c1)NCCO2. The van der Waals surface area contributed by atoms with Crippen LogP contribution in [0, 0.1) is 0 Å². The molecule has 2 N–H and O–H groups in total.